The van der Waals surface area contributed by atoms with Crippen molar-refractivity contribution in [1.82, 2.24) is 4.98 Å². The average molecular weight is 483 g/mol. The number of benzene rings is 2. The minimum atomic E-state index is -3.94. The lowest BCUT2D eigenvalue weighted by Crippen LogP contribution is -2.55. The molecule has 0 radical (unpaired) electrons. The fourth-order valence-electron chi connectivity index (χ4n) is 3.83. The Morgan fingerprint density at radius 1 is 1.06 bits per heavy atom. The van der Waals surface area contributed by atoms with E-state index in [9.17, 15) is 28.9 Å². The van der Waals surface area contributed by atoms with Gasteiger partial charge in [-0.15, -0.1) is 0 Å². The van der Waals surface area contributed by atoms with E-state index >= 15 is 0 Å². The summed E-state index contributed by atoms with van der Waals surface area (Å²) in [5.41, 5.74) is -0.953. The summed E-state index contributed by atoms with van der Waals surface area (Å²) in [6.07, 6.45) is 2.19. The van der Waals surface area contributed by atoms with Crippen molar-refractivity contribution in [2.45, 2.75) is 31.0 Å². The fourth-order valence-corrected chi connectivity index (χ4v) is 4.82. The van der Waals surface area contributed by atoms with Crippen LogP contribution in [0.1, 0.15) is 25.1 Å². The van der Waals surface area contributed by atoms with Gasteiger partial charge < -0.3 is 15.1 Å². The zero-order chi connectivity index (χ0) is 24.9. The van der Waals surface area contributed by atoms with Gasteiger partial charge in [-0.2, -0.15) is 0 Å². The number of hydrogen-bond acceptors (Lipinski definition) is 4. The number of carbonyl (C=O) groups is 1. The average Bonchev–Trinajstić information content (AvgIpc) is 2.81. The van der Waals surface area contributed by atoms with Crippen LogP contribution in [0.25, 0.3) is 11.3 Å². The first-order valence-corrected chi connectivity index (χ1v) is 12.1. The molecule has 1 aromatic heterocycles. The molecule has 0 fully saturated rings. The van der Waals surface area contributed by atoms with Gasteiger partial charge in [-0.25, -0.2) is 9.37 Å². The van der Waals surface area contributed by atoms with E-state index in [0.717, 1.165) is 11.6 Å². The first-order valence-electron chi connectivity index (χ1n) is 10.8. The second-order valence-electron chi connectivity index (χ2n) is 8.46. The number of allylic oxidation sites excluding steroid dienone is 1. The first-order chi connectivity index (χ1) is 16.1. The normalized spacial score (nSPS) is 16.2. The SMILES string of the molecule is CC(C)C=CC(C(=O)O)([PH](=O)O)C(O)(Cc1ccc(F)cc1)c1cccc(-c2ccccc2)n1. The van der Waals surface area contributed by atoms with Crippen LogP contribution in [0.5, 0.6) is 0 Å². The maximum Gasteiger partial charge on any atom is 0.326 e. The van der Waals surface area contributed by atoms with Crippen LogP contribution in [0, 0.1) is 11.7 Å². The third-order valence-corrected chi connectivity index (χ3v) is 7.14. The smallest absolute Gasteiger partial charge is 0.326 e. The number of nitrogens with zero attached hydrogens (tertiary/aromatic N) is 1. The highest BCUT2D eigenvalue weighted by Crippen LogP contribution is 2.52. The van der Waals surface area contributed by atoms with Crippen LogP contribution in [0.15, 0.2) is 84.9 Å². The number of halogens is 1. The monoisotopic (exact) mass is 483 g/mol. The van der Waals surface area contributed by atoms with E-state index in [4.69, 9.17) is 0 Å². The highest BCUT2D eigenvalue weighted by atomic mass is 31.1. The van der Waals surface area contributed by atoms with Gasteiger partial charge in [0.1, 0.15) is 11.4 Å². The molecular formula is C26H27FNO5P. The number of rotatable bonds is 9. The van der Waals surface area contributed by atoms with E-state index in [1.165, 1.54) is 36.4 Å². The van der Waals surface area contributed by atoms with Crippen molar-refractivity contribution in [3.63, 3.8) is 0 Å². The summed E-state index contributed by atoms with van der Waals surface area (Å²) in [4.78, 5) is 27.6. The molecule has 0 amide bonds. The summed E-state index contributed by atoms with van der Waals surface area (Å²) in [6.45, 7) is 3.57. The van der Waals surface area contributed by atoms with Crippen molar-refractivity contribution >= 4 is 14.0 Å². The predicted octanol–water partition coefficient (Wildman–Crippen LogP) is 4.82. The molecule has 2 aromatic carbocycles. The van der Waals surface area contributed by atoms with Crippen molar-refractivity contribution in [3.05, 3.63) is 102 Å². The van der Waals surface area contributed by atoms with Gasteiger partial charge in [0.2, 0.25) is 8.03 Å². The molecule has 0 saturated carbocycles. The molecule has 1 heterocycles. The Morgan fingerprint density at radius 2 is 1.71 bits per heavy atom. The molecule has 178 valence electrons. The molecule has 0 saturated heterocycles. The van der Waals surface area contributed by atoms with Gasteiger partial charge in [0, 0.05) is 12.0 Å². The number of aromatic nitrogens is 1. The van der Waals surface area contributed by atoms with E-state index in [0.29, 0.717) is 11.3 Å². The molecule has 3 aromatic rings. The quantitative estimate of drug-likeness (QED) is 0.298. The third-order valence-electron chi connectivity index (χ3n) is 5.67. The number of aliphatic carboxylic acids is 1. The largest absolute Gasteiger partial charge is 0.480 e. The Labute approximate surface area is 198 Å². The van der Waals surface area contributed by atoms with Crippen molar-refractivity contribution < 1.29 is 28.9 Å². The van der Waals surface area contributed by atoms with Crippen LogP contribution in [0.3, 0.4) is 0 Å². The third kappa shape index (κ3) is 5.02. The second-order valence-corrected chi connectivity index (χ2v) is 9.86. The lowest BCUT2D eigenvalue weighted by molar-refractivity contribution is -0.147. The van der Waals surface area contributed by atoms with Gasteiger partial charge in [-0.05, 0) is 35.7 Å². The van der Waals surface area contributed by atoms with Crippen LogP contribution >= 0.6 is 8.03 Å². The molecule has 3 atom stereocenters. The molecule has 0 aliphatic heterocycles. The summed E-state index contributed by atoms with van der Waals surface area (Å²) in [6, 6.07) is 19.0. The molecule has 3 N–H and O–H groups in total. The van der Waals surface area contributed by atoms with Crippen LogP contribution in [-0.4, -0.2) is 31.2 Å². The fraction of sp³-hybridized carbons (Fsp3) is 0.231. The molecule has 34 heavy (non-hydrogen) atoms. The van der Waals surface area contributed by atoms with Gasteiger partial charge in [-0.3, -0.25) is 9.36 Å². The van der Waals surface area contributed by atoms with E-state index in [-0.39, 0.29) is 18.0 Å². The summed E-state index contributed by atoms with van der Waals surface area (Å²) >= 11 is 0. The molecule has 3 rings (SSSR count). The Bertz CT molecular complexity index is 1180. The highest BCUT2D eigenvalue weighted by molar-refractivity contribution is 7.42. The van der Waals surface area contributed by atoms with E-state index in [2.05, 4.69) is 4.98 Å². The molecule has 3 unspecified atom stereocenters. The van der Waals surface area contributed by atoms with Gasteiger partial charge in [0.05, 0.1) is 11.4 Å². The van der Waals surface area contributed by atoms with Crippen LogP contribution < -0.4 is 0 Å². The Kier molecular flexibility index (Phi) is 7.82. The van der Waals surface area contributed by atoms with Crippen molar-refractivity contribution in [3.8, 4) is 11.3 Å². The Hall–Kier alpha value is -3.12. The van der Waals surface area contributed by atoms with Gasteiger partial charge in [-0.1, -0.05) is 74.5 Å². The summed E-state index contributed by atoms with van der Waals surface area (Å²) in [5.74, 6) is -2.32. The second kappa shape index (κ2) is 10.4. The molecule has 0 aliphatic carbocycles. The minimum absolute atomic E-state index is 0.0821. The molecule has 6 nitrogen and oxygen atoms in total. The predicted molar refractivity (Wildman–Crippen MR) is 129 cm³/mol. The standard InChI is InChI=1S/C26H27FNO5P/c1-18(2)15-16-26(24(29)30,34(32)33)25(31,17-19-11-13-21(27)14-12-19)23-10-6-9-22(28-23)20-7-4-3-5-8-20/h3-16,18,31,34H,17H2,1-2H3,(H,29,30)(H,32,33). The lowest BCUT2D eigenvalue weighted by Gasteiger charge is -2.40. The minimum Gasteiger partial charge on any atom is -0.480 e. The number of pyridine rings is 1. The van der Waals surface area contributed by atoms with Gasteiger partial charge in [0.25, 0.3) is 0 Å². The topological polar surface area (TPSA) is 108 Å². The number of carboxylic acid groups (broad SMARTS) is 1. The van der Waals surface area contributed by atoms with Gasteiger partial charge >= 0.3 is 5.97 Å². The molecule has 8 heteroatoms. The van der Waals surface area contributed by atoms with Crippen LogP contribution in [0.4, 0.5) is 4.39 Å². The first kappa shape index (κ1) is 25.5. The zero-order valence-corrected chi connectivity index (χ0v) is 19.9. The maximum absolute atomic E-state index is 13.5. The summed E-state index contributed by atoms with van der Waals surface area (Å²) < 4.78 is 26.3. The van der Waals surface area contributed by atoms with E-state index < -0.39 is 30.6 Å². The number of hydrogen-bond donors (Lipinski definition) is 3. The molecular weight excluding hydrogens is 456 g/mol. The lowest BCUT2D eigenvalue weighted by atomic mass is 9.77. The van der Waals surface area contributed by atoms with Crippen molar-refractivity contribution in [2.24, 2.45) is 5.92 Å². The number of aliphatic hydroxyl groups is 1. The van der Waals surface area contributed by atoms with Gasteiger partial charge in [0.15, 0.2) is 5.16 Å². The Morgan fingerprint density at radius 3 is 2.26 bits per heavy atom. The molecule has 0 bridgehead atoms. The zero-order valence-electron chi connectivity index (χ0n) is 18.9. The molecule has 0 spiro atoms. The summed E-state index contributed by atoms with van der Waals surface area (Å²) in [5, 5.41) is 19.8. The Balaban J connectivity index is 2.30. The highest BCUT2D eigenvalue weighted by Gasteiger charge is 2.60. The number of carboxylic acids is 1. The van der Waals surface area contributed by atoms with Crippen LogP contribution in [-0.2, 0) is 21.4 Å². The maximum atomic E-state index is 13.5. The molecule has 0 aliphatic rings. The van der Waals surface area contributed by atoms with E-state index in [1.807, 2.05) is 30.3 Å². The summed E-state index contributed by atoms with van der Waals surface area (Å²) in [7, 11) is -3.94. The van der Waals surface area contributed by atoms with E-state index in [1.54, 1.807) is 26.0 Å². The van der Waals surface area contributed by atoms with Crippen LogP contribution in [0.2, 0.25) is 0 Å². The van der Waals surface area contributed by atoms with Crippen molar-refractivity contribution in [2.75, 3.05) is 0 Å². The van der Waals surface area contributed by atoms with Crippen molar-refractivity contribution in [1.29, 1.82) is 0 Å².